The van der Waals surface area contributed by atoms with Crippen molar-refractivity contribution in [1.29, 1.82) is 10.8 Å². The second-order valence-corrected chi connectivity index (χ2v) is 7.57. The van der Waals surface area contributed by atoms with E-state index in [0.717, 1.165) is 11.1 Å². The number of rotatable bonds is 4. The van der Waals surface area contributed by atoms with Gasteiger partial charge in [-0.25, -0.2) is 0 Å². The molecule has 110 valence electrons. The number of hydrogen-bond donors (Lipinski definition) is 4. The summed E-state index contributed by atoms with van der Waals surface area (Å²) in [4.78, 5) is 0. The molecule has 0 unspecified atom stereocenters. The summed E-state index contributed by atoms with van der Waals surface area (Å²) in [5.74, 6) is 1.35. The van der Waals surface area contributed by atoms with Gasteiger partial charge in [-0.15, -0.1) is 0 Å². The normalized spacial score (nSPS) is 11.3. The summed E-state index contributed by atoms with van der Waals surface area (Å²) in [6.07, 6.45) is 0. The minimum atomic E-state index is 0.0852. The summed E-state index contributed by atoms with van der Waals surface area (Å²) in [5, 5.41) is 14.9. The van der Waals surface area contributed by atoms with Crippen LogP contribution in [0.2, 0.25) is 0 Å². The van der Waals surface area contributed by atoms with Crippen molar-refractivity contribution in [2.24, 2.45) is 11.5 Å². The van der Waals surface area contributed by atoms with Crippen molar-refractivity contribution in [1.82, 2.24) is 0 Å². The fraction of sp³-hybridized carbons (Fsp3) is 0.429. The van der Waals surface area contributed by atoms with Crippen LogP contribution in [0, 0.1) is 10.8 Å². The van der Waals surface area contributed by atoms with Gasteiger partial charge in [-0.3, -0.25) is 10.8 Å². The minimum Gasteiger partial charge on any atom is -0.379 e. The van der Waals surface area contributed by atoms with E-state index in [9.17, 15) is 0 Å². The van der Waals surface area contributed by atoms with E-state index in [-0.39, 0.29) is 15.8 Å². The van der Waals surface area contributed by atoms with Crippen molar-refractivity contribution in [2.45, 2.75) is 37.7 Å². The molecule has 4 nitrogen and oxygen atoms in total. The van der Waals surface area contributed by atoms with E-state index in [1.807, 2.05) is 0 Å². The molecule has 1 aromatic carbocycles. The van der Waals surface area contributed by atoms with E-state index in [4.69, 9.17) is 22.3 Å². The highest BCUT2D eigenvalue weighted by Gasteiger charge is 2.16. The highest BCUT2D eigenvalue weighted by molar-refractivity contribution is 8.13. The third-order valence-electron chi connectivity index (χ3n) is 2.84. The van der Waals surface area contributed by atoms with Crippen LogP contribution >= 0.6 is 23.5 Å². The number of hydrogen-bond acceptors (Lipinski definition) is 4. The van der Waals surface area contributed by atoms with Crippen molar-refractivity contribution >= 4 is 33.9 Å². The molecule has 0 bridgehead atoms. The van der Waals surface area contributed by atoms with Gasteiger partial charge in [0.2, 0.25) is 0 Å². The molecular formula is C14H22N4S2. The standard InChI is InChI=1S/C14H22N4S2/c1-14(2,3)11-5-4-9(7-19-12(15)16)10(6-11)8-20-13(17)18/h4-6H,7-8H2,1-3H3,(H3,15,16)(H3,17,18). The lowest BCUT2D eigenvalue weighted by Crippen LogP contribution is -2.12. The van der Waals surface area contributed by atoms with Crippen molar-refractivity contribution in [2.75, 3.05) is 0 Å². The predicted molar refractivity (Wildman–Crippen MR) is 91.6 cm³/mol. The van der Waals surface area contributed by atoms with E-state index in [2.05, 4.69) is 39.0 Å². The predicted octanol–water partition coefficient (Wildman–Crippen LogP) is 3.24. The number of thioether (sulfide) groups is 2. The molecule has 6 heteroatoms. The Hall–Kier alpha value is -1.14. The quantitative estimate of drug-likeness (QED) is 0.506. The average Bonchev–Trinajstić information content (AvgIpc) is 2.32. The molecule has 0 aliphatic heterocycles. The fourth-order valence-corrected chi connectivity index (χ4v) is 2.85. The third-order valence-corrected chi connectivity index (χ3v) is 4.37. The molecule has 6 N–H and O–H groups in total. The SMILES string of the molecule is CC(C)(C)c1ccc(CSC(=N)N)c(CSC(=N)N)c1. The molecule has 0 aliphatic rings. The van der Waals surface area contributed by atoms with Crippen LogP contribution in [0.15, 0.2) is 18.2 Å². The highest BCUT2D eigenvalue weighted by Crippen LogP contribution is 2.28. The van der Waals surface area contributed by atoms with Crippen molar-refractivity contribution in [3.05, 3.63) is 34.9 Å². The first-order valence-corrected chi connectivity index (χ1v) is 8.23. The molecule has 0 spiro atoms. The van der Waals surface area contributed by atoms with Crippen LogP contribution in [0.25, 0.3) is 0 Å². The molecule has 0 saturated heterocycles. The Labute approximate surface area is 129 Å². The summed E-state index contributed by atoms with van der Waals surface area (Å²) in [7, 11) is 0. The first kappa shape index (κ1) is 16.9. The van der Waals surface area contributed by atoms with Crippen molar-refractivity contribution < 1.29 is 0 Å². The summed E-state index contributed by atoms with van der Waals surface area (Å²) in [6.45, 7) is 6.52. The summed E-state index contributed by atoms with van der Waals surface area (Å²) >= 11 is 2.63. The molecule has 1 rings (SSSR count). The van der Waals surface area contributed by atoms with E-state index < -0.39 is 0 Å². The van der Waals surface area contributed by atoms with Gasteiger partial charge in [-0.05, 0) is 22.1 Å². The first-order chi connectivity index (χ1) is 9.20. The molecule has 0 saturated carbocycles. The Bertz CT molecular complexity index is 506. The summed E-state index contributed by atoms with van der Waals surface area (Å²) in [5.41, 5.74) is 14.5. The van der Waals surface area contributed by atoms with Gasteiger partial charge in [0.15, 0.2) is 10.3 Å². The topological polar surface area (TPSA) is 99.7 Å². The van der Waals surface area contributed by atoms with Crippen LogP contribution in [0.1, 0.15) is 37.5 Å². The lowest BCUT2D eigenvalue weighted by atomic mass is 9.85. The lowest BCUT2D eigenvalue weighted by Gasteiger charge is -2.21. The Balaban J connectivity index is 3.02. The van der Waals surface area contributed by atoms with Gasteiger partial charge in [0.25, 0.3) is 0 Å². The van der Waals surface area contributed by atoms with E-state index in [1.165, 1.54) is 29.1 Å². The maximum absolute atomic E-state index is 7.34. The van der Waals surface area contributed by atoms with Crippen LogP contribution in [-0.2, 0) is 16.9 Å². The van der Waals surface area contributed by atoms with Gasteiger partial charge in [-0.1, -0.05) is 62.5 Å². The summed E-state index contributed by atoms with van der Waals surface area (Å²) in [6, 6.07) is 6.39. The smallest absolute Gasteiger partial charge is 0.151 e. The van der Waals surface area contributed by atoms with Crippen molar-refractivity contribution in [3.63, 3.8) is 0 Å². The van der Waals surface area contributed by atoms with Crippen molar-refractivity contribution in [3.8, 4) is 0 Å². The van der Waals surface area contributed by atoms with Gasteiger partial charge in [-0.2, -0.15) is 0 Å². The third kappa shape index (κ3) is 5.46. The Kier molecular flexibility index (Phi) is 5.95. The molecule has 0 radical (unpaired) electrons. The summed E-state index contributed by atoms with van der Waals surface area (Å²) < 4.78 is 0. The zero-order chi connectivity index (χ0) is 15.3. The van der Waals surface area contributed by atoms with Gasteiger partial charge >= 0.3 is 0 Å². The molecule has 0 atom stereocenters. The van der Waals surface area contributed by atoms with Crippen LogP contribution in [0.4, 0.5) is 0 Å². The second kappa shape index (κ2) is 7.04. The molecule has 0 fully saturated rings. The number of nitrogens with one attached hydrogen (secondary N) is 2. The van der Waals surface area contributed by atoms with E-state index in [1.54, 1.807) is 0 Å². The monoisotopic (exact) mass is 310 g/mol. The number of benzene rings is 1. The molecule has 1 aromatic rings. The van der Waals surface area contributed by atoms with Crippen LogP contribution in [0.5, 0.6) is 0 Å². The van der Waals surface area contributed by atoms with E-state index >= 15 is 0 Å². The van der Waals surface area contributed by atoms with Crippen LogP contribution in [0.3, 0.4) is 0 Å². The molecule has 0 amide bonds. The Morgan fingerprint density at radius 2 is 1.50 bits per heavy atom. The highest BCUT2D eigenvalue weighted by atomic mass is 32.2. The molecule has 0 heterocycles. The number of nitrogens with two attached hydrogens (primary N) is 2. The second-order valence-electron chi connectivity index (χ2n) is 5.54. The largest absolute Gasteiger partial charge is 0.379 e. The van der Waals surface area contributed by atoms with Gasteiger partial charge < -0.3 is 11.5 Å². The van der Waals surface area contributed by atoms with Gasteiger partial charge in [0.05, 0.1) is 0 Å². The Morgan fingerprint density at radius 3 is 1.95 bits per heavy atom. The van der Waals surface area contributed by atoms with Gasteiger partial charge in [0.1, 0.15) is 0 Å². The zero-order valence-electron chi connectivity index (χ0n) is 12.1. The maximum atomic E-state index is 7.34. The van der Waals surface area contributed by atoms with Gasteiger partial charge in [0, 0.05) is 11.5 Å². The Morgan fingerprint density at radius 1 is 1.00 bits per heavy atom. The lowest BCUT2D eigenvalue weighted by molar-refractivity contribution is 0.589. The van der Waals surface area contributed by atoms with E-state index in [0.29, 0.717) is 11.5 Å². The molecular weight excluding hydrogens is 288 g/mol. The van der Waals surface area contributed by atoms with Crippen LogP contribution in [-0.4, -0.2) is 10.3 Å². The molecule has 20 heavy (non-hydrogen) atoms. The fourth-order valence-electron chi connectivity index (χ4n) is 1.68. The first-order valence-electron chi connectivity index (χ1n) is 6.26. The minimum absolute atomic E-state index is 0.0852. The average molecular weight is 310 g/mol. The maximum Gasteiger partial charge on any atom is 0.151 e. The number of amidine groups is 2. The zero-order valence-corrected chi connectivity index (χ0v) is 13.8. The molecule has 0 aliphatic carbocycles. The van der Waals surface area contributed by atoms with Crippen LogP contribution < -0.4 is 11.5 Å². The molecule has 0 aromatic heterocycles.